The Bertz CT molecular complexity index is 1220. The molecule has 0 saturated heterocycles. The molecule has 0 aliphatic heterocycles. The number of carbonyl (C=O) groups is 2. The van der Waals surface area contributed by atoms with Crippen LogP contribution in [0.15, 0.2) is 88.9 Å². The van der Waals surface area contributed by atoms with Crippen LogP contribution in [0.3, 0.4) is 0 Å². The number of aryl methyl sites for hydroxylation is 2. The van der Waals surface area contributed by atoms with Crippen LogP contribution in [0.4, 0.5) is 5.69 Å². The molecule has 1 atom stereocenters. The predicted octanol–water partition coefficient (Wildman–Crippen LogP) is 5.63. The van der Waals surface area contributed by atoms with Crippen LogP contribution in [0.25, 0.3) is 0 Å². The molecule has 2 aromatic carbocycles. The summed E-state index contributed by atoms with van der Waals surface area (Å²) in [5.41, 5.74) is 3.77. The largest absolute Gasteiger partial charge is 0.467 e. The number of rotatable bonds is 9. The second-order valence-electron chi connectivity index (χ2n) is 8.25. The quantitative estimate of drug-likeness (QED) is 0.343. The maximum Gasteiger partial charge on any atom is 0.251 e. The summed E-state index contributed by atoms with van der Waals surface area (Å²) in [7, 11) is 0. The van der Waals surface area contributed by atoms with Gasteiger partial charge in [0.25, 0.3) is 5.91 Å². The number of benzene rings is 2. The molecular formula is C28H28N2O3S. The molecule has 2 aromatic heterocycles. The lowest BCUT2D eigenvalue weighted by Gasteiger charge is -2.31. The first-order valence-electron chi connectivity index (χ1n) is 11.3. The number of furan rings is 1. The standard InChI is InChI=1S/C28H28N2O3S/c1-20-12-13-21(2)24(18-20)30(26(31)19-23-10-7-17-34-23)27(25-11-6-16-33-25)28(32)29-15-14-22-8-4-3-5-9-22/h3-13,16-18,27H,14-15,19H2,1-2H3,(H,29,32)/t27-/m0/s1. The van der Waals surface area contributed by atoms with Gasteiger partial charge in [0.05, 0.1) is 12.7 Å². The Kier molecular flexibility index (Phi) is 7.60. The predicted molar refractivity (Wildman–Crippen MR) is 136 cm³/mol. The minimum Gasteiger partial charge on any atom is -0.467 e. The van der Waals surface area contributed by atoms with E-state index in [-0.39, 0.29) is 18.2 Å². The zero-order valence-corrected chi connectivity index (χ0v) is 20.2. The number of hydrogen-bond acceptors (Lipinski definition) is 4. The van der Waals surface area contributed by atoms with Gasteiger partial charge in [0.1, 0.15) is 5.76 Å². The first kappa shape index (κ1) is 23.5. The second-order valence-corrected chi connectivity index (χ2v) is 9.29. The van der Waals surface area contributed by atoms with E-state index < -0.39 is 6.04 Å². The molecule has 174 valence electrons. The van der Waals surface area contributed by atoms with E-state index in [1.165, 1.54) is 17.6 Å². The van der Waals surface area contributed by atoms with Gasteiger partial charge in [-0.05, 0) is 66.6 Å². The van der Waals surface area contributed by atoms with Crippen molar-refractivity contribution in [2.45, 2.75) is 32.7 Å². The Morgan fingerprint density at radius 3 is 2.53 bits per heavy atom. The van der Waals surface area contributed by atoms with Crippen molar-refractivity contribution in [3.8, 4) is 0 Å². The fourth-order valence-electron chi connectivity index (χ4n) is 3.94. The van der Waals surface area contributed by atoms with Gasteiger partial charge in [-0.1, -0.05) is 48.5 Å². The summed E-state index contributed by atoms with van der Waals surface area (Å²) in [6.45, 7) is 4.39. The van der Waals surface area contributed by atoms with Crippen molar-refractivity contribution >= 4 is 28.8 Å². The van der Waals surface area contributed by atoms with Gasteiger partial charge in [-0.3, -0.25) is 14.5 Å². The molecule has 2 amide bonds. The Morgan fingerprint density at radius 1 is 1.00 bits per heavy atom. The van der Waals surface area contributed by atoms with Crippen LogP contribution in [0.5, 0.6) is 0 Å². The Labute approximate surface area is 204 Å². The van der Waals surface area contributed by atoms with Gasteiger partial charge in [0.15, 0.2) is 6.04 Å². The highest BCUT2D eigenvalue weighted by atomic mass is 32.1. The molecule has 34 heavy (non-hydrogen) atoms. The first-order chi connectivity index (χ1) is 16.5. The summed E-state index contributed by atoms with van der Waals surface area (Å²) in [4.78, 5) is 29.9. The van der Waals surface area contributed by atoms with E-state index in [1.54, 1.807) is 17.0 Å². The number of nitrogens with zero attached hydrogens (tertiary/aromatic N) is 1. The molecule has 0 radical (unpaired) electrons. The molecule has 4 rings (SSSR count). The fraction of sp³-hybridized carbons (Fsp3) is 0.214. The summed E-state index contributed by atoms with van der Waals surface area (Å²) < 4.78 is 5.69. The normalized spacial score (nSPS) is 11.7. The van der Waals surface area contributed by atoms with E-state index >= 15 is 0 Å². The van der Waals surface area contributed by atoms with Crippen LogP contribution in [-0.4, -0.2) is 18.4 Å². The van der Waals surface area contributed by atoms with Gasteiger partial charge >= 0.3 is 0 Å². The van der Waals surface area contributed by atoms with Crippen molar-refractivity contribution < 1.29 is 14.0 Å². The third kappa shape index (κ3) is 5.64. The van der Waals surface area contributed by atoms with Gasteiger partial charge in [-0.25, -0.2) is 0 Å². The zero-order valence-electron chi connectivity index (χ0n) is 19.4. The van der Waals surface area contributed by atoms with E-state index in [0.29, 0.717) is 24.4 Å². The number of anilines is 1. The van der Waals surface area contributed by atoms with Crippen molar-refractivity contribution in [2.75, 3.05) is 11.4 Å². The van der Waals surface area contributed by atoms with Crippen molar-refractivity contribution in [2.24, 2.45) is 0 Å². The monoisotopic (exact) mass is 472 g/mol. The molecule has 5 nitrogen and oxygen atoms in total. The molecule has 0 spiro atoms. The first-order valence-corrected chi connectivity index (χ1v) is 12.2. The minimum atomic E-state index is -0.918. The smallest absolute Gasteiger partial charge is 0.251 e. The lowest BCUT2D eigenvalue weighted by atomic mass is 10.0. The number of carbonyl (C=O) groups excluding carboxylic acids is 2. The summed E-state index contributed by atoms with van der Waals surface area (Å²) in [5, 5.41) is 4.98. The van der Waals surface area contributed by atoms with Crippen LogP contribution in [0.1, 0.15) is 33.4 Å². The average molecular weight is 473 g/mol. The molecule has 1 N–H and O–H groups in total. The summed E-state index contributed by atoms with van der Waals surface area (Å²) in [6, 6.07) is 22.4. The molecule has 0 aliphatic carbocycles. The maximum atomic E-state index is 13.7. The Balaban J connectivity index is 1.67. The Hall–Kier alpha value is -3.64. The van der Waals surface area contributed by atoms with Gasteiger partial charge in [-0.15, -0.1) is 11.3 Å². The van der Waals surface area contributed by atoms with Gasteiger partial charge in [0, 0.05) is 17.1 Å². The molecule has 0 aliphatic rings. The third-order valence-electron chi connectivity index (χ3n) is 5.67. The SMILES string of the molecule is Cc1ccc(C)c(N(C(=O)Cc2cccs2)[C@H](C(=O)NCCc2ccccc2)c2ccco2)c1. The molecular weight excluding hydrogens is 444 g/mol. The molecule has 4 aromatic rings. The molecule has 0 saturated carbocycles. The number of hydrogen-bond donors (Lipinski definition) is 1. The van der Waals surface area contributed by atoms with Crippen LogP contribution in [0.2, 0.25) is 0 Å². The van der Waals surface area contributed by atoms with E-state index in [4.69, 9.17) is 4.42 Å². The average Bonchev–Trinajstić information content (AvgIpc) is 3.54. The number of thiophene rings is 1. The fourth-order valence-corrected chi connectivity index (χ4v) is 4.63. The topological polar surface area (TPSA) is 62.6 Å². The number of amides is 2. The molecule has 6 heteroatoms. The van der Waals surface area contributed by atoms with Gasteiger partial charge in [-0.2, -0.15) is 0 Å². The van der Waals surface area contributed by atoms with Crippen molar-refractivity contribution in [3.05, 3.63) is 112 Å². The highest BCUT2D eigenvalue weighted by Crippen LogP contribution is 2.32. The van der Waals surface area contributed by atoms with Crippen LogP contribution < -0.4 is 10.2 Å². The van der Waals surface area contributed by atoms with Crippen molar-refractivity contribution in [3.63, 3.8) is 0 Å². The van der Waals surface area contributed by atoms with Crippen molar-refractivity contribution in [1.82, 2.24) is 5.32 Å². The molecule has 2 heterocycles. The van der Waals surface area contributed by atoms with Crippen molar-refractivity contribution in [1.29, 1.82) is 0 Å². The second kappa shape index (κ2) is 11.0. The zero-order chi connectivity index (χ0) is 23.9. The highest BCUT2D eigenvalue weighted by molar-refractivity contribution is 7.10. The summed E-state index contributed by atoms with van der Waals surface area (Å²) in [5.74, 6) is -0.000256. The molecule has 0 bridgehead atoms. The van der Waals surface area contributed by atoms with Gasteiger partial charge < -0.3 is 9.73 Å². The van der Waals surface area contributed by atoms with E-state index in [9.17, 15) is 9.59 Å². The molecule has 0 fully saturated rings. The highest BCUT2D eigenvalue weighted by Gasteiger charge is 2.35. The summed E-state index contributed by atoms with van der Waals surface area (Å²) in [6.07, 6.45) is 2.44. The maximum absolute atomic E-state index is 13.7. The number of nitrogens with one attached hydrogen (secondary N) is 1. The van der Waals surface area contributed by atoms with Gasteiger partial charge in [0.2, 0.25) is 5.91 Å². The minimum absolute atomic E-state index is 0.157. The van der Waals surface area contributed by atoms with E-state index in [0.717, 1.165) is 21.6 Å². The van der Waals surface area contributed by atoms with E-state index in [2.05, 4.69) is 5.32 Å². The molecule has 0 unspecified atom stereocenters. The third-order valence-corrected chi connectivity index (χ3v) is 6.55. The lowest BCUT2D eigenvalue weighted by Crippen LogP contribution is -2.45. The Morgan fingerprint density at radius 2 is 1.82 bits per heavy atom. The lowest BCUT2D eigenvalue weighted by molar-refractivity contribution is -0.126. The summed E-state index contributed by atoms with van der Waals surface area (Å²) >= 11 is 1.53. The van der Waals surface area contributed by atoms with Crippen LogP contribution in [-0.2, 0) is 22.4 Å². The van der Waals surface area contributed by atoms with Crippen LogP contribution >= 0.6 is 11.3 Å². The van der Waals surface area contributed by atoms with E-state index in [1.807, 2.05) is 79.9 Å². The van der Waals surface area contributed by atoms with Crippen LogP contribution in [0, 0.1) is 13.8 Å².